The van der Waals surface area contributed by atoms with E-state index in [1.54, 1.807) is 0 Å². The van der Waals surface area contributed by atoms with Crippen LogP contribution in [0.2, 0.25) is 0 Å². The van der Waals surface area contributed by atoms with E-state index in [1.807, 2.05) is 6.92 Å². The Kier molecular flexibility index (Phi) is 11.8. The number of rotatable bonds is 12. The molecule has 0 aromatic rings. The van der Waals surface area contributed by atoms with Crippen LogP contribution in [0, 0.1) is 0 Å². The number of hydrogen-bond donors (Lipinski definition) is 2. The van der Waals surface area contributed by atoms with Gasteiger partial charge in [-0.25, -0.2) is 0 Å². The van der Waals surface area contributed by atoms with Gasteiger partial charge in [0.15, 0.2) is 0 Å². The molecule has 2 N–H and O–H groups in total. The molecule has 0 spiro atoms. The highest BCUT2D eigenvalue weighted by Crippen LogP contribution is 2.01. The van der Waals surface area contributed by atoms with Crippen molar-refractivity contribution in [2.45, 2.75) is 65.3 Å². The van der Waals surface area contributed by atoms with Gasteiger partial charge < -0.3 is 10.6 Å². The molecule has 0 atom stereocenters. The van der Waals surface area contributed by atoms with Crippen LogP contribution in [0.15, 0.2) is 0 Å². The minimum Gasteiger partial charge on any atom is -0.315 e. The second-order valence-electron chi connectivity index (χ2n) is 4.95. The Balaban J connectivity index is 3.01. The largest absolute Gasteiger partial charge is 0.315 e. The highest BCUT2D eigenvalue weighted by atomic mass is 16.1. The number of unbranched alkanes of at least 4 members (excludes halogenated alkanes) is 4. The van der Waals surface area contributed by atoms with E-state index in [0.29, 0.717) is 24.8 Å². The number of carbonyl (C=O) groups is 1. The molecule has 0 aliphatic carbocycles. The van der Waals surface area contributed by atoms with E-state index in [2.05, 4.69) is 24.5 Å². The Morgan fingerprint density at radius 2 is 1.59 bits per heavy atom. The molecule has 0 radical (unpaired) electrons. The van der Waals surface area contributed by atoms with Crippen molar-refractivity contribution in [2.75, 3.05) is 19.6 Å². The summed E-state index contributed by atoms with van der Waals surface area (Å²) in [5.41, 5.74) is 0. The van der Waals surface area contributed by atoms with Crippen molar-refractivity contribution in [1.29, 1.82) is 0 Å². The van der Waals surface area contributed by atoms with Crippen molar-refractivity contribution in [2.24, 2.45) is 0 Å². The molecule has 0 rings (SSSR count). The lowest BCUT2D eigenvalue weighted by Gasteiger charge is -2.07. The van der Waals surface area contributed by atoms with Crippen LogP contribution in [0.3, 0.4) is 0 Å². The summed E-state index contributed by atoms with van der Waals surface area (Å²) >= 11 is 0. The predicted molar refractivity (Wildman–Crippen MR) is 74.4 cm³/mol. The average molecular weight is 242 g/mol. The normalized spacial score (nSPS) is 11.1. The van der Waals surface area contributed by atoms with E-state index in [4.69, 9.17) is 0 Å². The molecule has 3 nitrogen and oxygen atoms in total. The van der Waals surface area contributed by atoms with Crippen LogP contribution in [0.4, 0.5) is 0 Å². The quantitative estimate of drug-likeness (QED) is 0.517. The minimum atomic E-state index is 0.310. The molecule has 0 amide bonds. The minimum absolute atomic E-state index is 0.310. The average Bonchev–Trinajstić information content (AvgIpc) is 2.30. The van der Waals surface area contributed by atoms with Crippen LogP contribution >= 0.6 is 0 Å². The van der Waals surface area contributed by atoms with Crippen LogP contribution in [0.1, 0.15) is 59.3 Å². The van der Waals surface area contributed by atoms with Gasteiger partial charge in [0.1, 0.15) is 5.78 Å². The summed E-state index contributed by atoms with van der Waals surface area (Å²) in [6.45, 7) is 8.95. The third kappa shape index (κ3) is 13.5. The summed E-state index contributed by atoms with van der Waals surface area (Å²) in [4.78, 5) is 11.0. The second kappa shape index (κ2) is 12.1. The fourth-order valence-corrected chi connectivity index (χ4v) is 1.65. The topological polar surface area (TPSA) is 41.1 Å². The number of nitrogens with one attached hydrogen (secondary N) is 2. The van der Waals surface area contributed by atoms with Gasteiger partial charge in [0.25, 0.3) is 0 Å². The summed E-state index contributed by atoms with van der Waals surface area (Å²) in [7, 11) is 0. The lowest BCUT2D eigenvalue weighted by molar-refractivity contribution is -0.117. The van der Waals surface area contributed by atoms with Crippen LogP contribution in [0.25, 0.3) is 0 Å². The zero-order valence-corrected chi connectivity index (χ0v) is 11.8. The molecule has 0 unspecified atom stereocenters. The van der Waals surface area contributed by atoms with Crippen molar-refractivity contribution >= 4 is 5.78 Å². The summed E-state index contributed by atoms with van der Waals surface area (Å²) < 4.78 is 0. The number of Topliss-reactive ketones (excluding diaryl/α,β-unsaturated/α-hetero) is 1. The van der Waals surface area contributed by atoms with E-state index in [0.717, 1.165) is 13.1 Å². The highest BCUT2D eigenvalue weighted by Gasteiger charge is 1.96. The summed E-state index contributed by atoms with van der Waals surface area (Å²) in [6.07, 6.45) is 7.01. The maximum absolute atomic E-state index is 11.0. The van der Waals surface area contributed by atoms with Crippen molar-refractivity contribution in [3.05, 3.63) is 0 Å². The maximum Gasteiger partial charge on any atom is 0.146 e. The van der Waals surface area contributed by atoms with Gasteiger partial charge in [-0.2, -0.15) is 0 Å². The molecule has 0 aliphatic heterocycles. The monoisotopic (exact) mass is 242 g/mol. The highest BCUT2D eigenvalue weighted by molar-refractivity contribution is 5.79. The number of hydrogen-bond acceptors (Lipinski definition) is 3. The first kappa shape index (κ1) is 16.6. The Morgan fingerprint density at radius 1 is 1.00 bits per heavy atom. The molecule has 0 saturated heterocycles. The fourth-order valence-electron chi connectivity index (χ4n) is 1.65. The van der Waals surface area contributed by atoms with Crippen LogP contribution in [-0.2, 0) is 4.79 Å². The van der Waals surface area contributed by atoms with E-state index >= 15 is 0 Å². The standard InChI is InChI=1S/C14H30N2O/c1-4-14(17)12-15-10-8-6-5-7-9-11-16-13(2)3/h13,15-16H,4-12H2,1-3H3. The molecule has 17 heavy (non-hydrogen) atoms. The Bertz CT molecular complexity index is 181. The van der Waals surface area contributed by atoms with Crippen LogP contribution in [0.5, 0.6) is 0 Å². The summed E-state index contributed by atoms with van der Waals surface area (Å²) in [5, 5.41) is 6.62. The molecule has 102 valence electrons. The first-order valence-electron chi connectivity index (χ1n) is 7.12. The lowest BCUT2D eigenvalue weighted by atomic mass is 10.1. The van der Waals surface area contributed by atoms with Crippen LogP contribution in [-0.4, -0.2) is 31.5 Å². The van der Waals surface area contributed by atoms with Gasteiger partial charge in [-0.05, 0) is 25.9 Å². The molecular formula is C14H30N2O. The van der Waals surface area contributed by atoms with E-state index in [9.17, 15) is 4.79 Å². The van der Waals surface area contributed by atoms with Gasteiger partial charge in [0.05, 0.1) is 6.54 Å². The molecular weight excluding hydrogens is 212 g/mol. The van der Waals surface area contributed by atoms with Crippen molar-refractivity contribution in [3.63, 3.8) is 0 Å². The van der Waals surface area contributed by atoms with E-state index in [-0.39, 0.29) is 0 Å². The number of ketones is 1. The molecule has 3 heteroatoms. The number of carbonyl (C=O) groups excluding carboxylic acids is 1. The second-order valence-corrected chi connectivity index (χ2v) is 4.95. The van der Waals surface area contributed by atoms with Crippen LogP contribution < -0.4 is 10.6 Å². The smallest absolute Gasteiger partial charge is 0.146 e. The molecule has 0 aromatic carbocycles. The van der Waals surface area contributed by atoms with Gasteiger partial charge in [0, 0.05) is 12.5 Å². The third-order valence-electron chi connectivity index (χ3n) is 2.80. The van der Waals surface area contributed by atoms with E-state index < -0.39 is 0 Å². The first-order valence-corrected chi connectivity index (χ1v) is 7.12. The third-order valence-corrected chi connectivity index (χ3v) is 2.80. The lowest BCUT2D eigenvalue weighted by Crippen LogP contribution is -2.23. The van der Waals surface area contributed by atoms with Gasteiger partial charge in [-0.1, -0.05) is 40.0 Å². The van der Waals surface area contributed by atoms with Gasteiger partial charge in [0.2, 0.25) is 0 Å². The SMILES string of the molecule is CCC(=O)CNCCCCCCCNC(C)C. The Hall–Kier alpha value is -0.410. The van der Waals surface area contributed by atoms with Gasteiger partial charge in [-0.3, -0.25) is 4.79 Å². The first-order chi connectivity index (χ1) is 8.16. The summed E-state index contributed by atoms with van der Waals surface area (Å²) in [5.74, 6) is 0.310. The summed E-state index contributed by atoms with van der Waals surface area (Å²) in [6, 6.07) is 0.607. The molecule has 0 fully saturated rings. The fraction of sp³-hybridized carbons (Fsp3) is 0.929. The molecule has 0 aromatic heterocycles. The van der Waals surface area contributed by atoms with Gasteiger partial charge >= 0.3 is 0 Å². The van der Waals surface area contributed by atoms with Crippen molar-refractivity contribution < 1.29 is 4.79 Å². The Morgan fingerprint density at radius 3 is 2.18 bits per heavy atom. The van der Waals surface area contributed by atoms with Gasteiger partial charge in [-0.15, -0.1) is 0 Å². The maximum atomic E-state index is 11.0. The molecule has 0 heterocycles. The predicted octanol–water partition coefficient (Wildman–Crippen LogP) is 2.50. The zero-order valence-electron chi connectivity index (χ0n) is 11.8. The molecule has 0 bridgehead atoms. The zero-order chi connectivity index (χ0) is 12.9. The molecule has 0 saturated carbocycles. The van der Waals surface area contributed by atoms with E-state index in [1.165, 1.54) is 32.1 Å². The molecule has 0 aliphatic rings. The Labute approximate surface area is 107 Å². The van der Waals surface area contributed by atoms with Crippen molar-refractivity contribution in [1.82, 2.24) is 10.6 Å². The van der Waals surface area contributed by atoms with Crippen molar-refractivity contribution in [3.8, 4) is 0 Å².